The fourth-order valence-electron chi connectivity index (χ4n) is 2.40. The van der Waals surface area contributed by atoms with Gasteiger partial charge in [0, 0.05) is 32.1 Å². The van der Waals surface area contributed by atoms with E-state index in [1.54, 1.807) is 7.11 Å². The Morgan fingerprint density at radius 2 is 2.05 bits per heavy atom. The maximum atomic E-state index is 12.1. The first-order valence-electron chi connectivity index (χ1n) is 7.47. The minimum atomic E-state index is 0.224. The Hall–Kier alpha value is -1.75. The normalized spacial score (nSPS) is 18.4. The van der Waals surface area contributed by atoms with Gasteiger partial charge in [0.1, 0.15) is 11.5 Å². The minimum Gasteiger partial charge on any atom is -0.497 e. The van der Waals surface area contributed by atoms with E-state index in [0.29, 0.717) is 19.1 Å². The van der Waals surface area contributed by atoms with Crippen LogP contribution in [0, 0.1) is 0 Å². The number of methoxy groups -OCH3 is 1. The molecule has 5 heteroatoms. The predicted molar refractivity (Wildman–Crippen MR) is 81.8 cm³/mol. The molecule has 1 aliphatic rings. The molecule has 0 spiro atoms. The third-order valence-electron chi connectivity index (χ3n) is 3.58. The summed E-state index contributed by atoms with van der Waals surface area (Å²) in [6.45, 7) is 5.15. The lowest BCUT2D eigenvalue weighted by Crippen LogP contribution is -2.51. The molecule has 2 rings (SSSR count). The van der Waals surface area contributed by atoms with E-state index >= 15 is 0 Å². The van der Waals surface area contributed by atoms with E-state index in [0.717, 1.165) is 37.6 Å². The number of benzene rings is 1. The first-order valence-corrected chi connectivity index (χ1v) is 7.47. The van der Waals surface area contributed by atoms with Gasteiger partial charge >= 0.3 is 0 Å². The number of nitrogens with one attached hydrogen (secondary N) is 1. The summed E-state index contributed by atoms with van der Waals surface area (Å²) in [4.78, 5) is 14.0. The summed E-state index contributed by atoms with van der Waals surface area (Å²) in [5.74, 6) is 1.84. The highest BCUT2D eigenvalue weighted by molar-refractivity contribution is 5.76. The van der Waals surface area contributed by atoms with Gasteiger partial charge in [-0.25, -0.2) is 0 Å². The second-order valence-corrected chi connectivity index (χ2v) is 5.32. The maximum Gasteiger partial charge on any atom is 0.222 e. The molecule has 21 heavy (non-hydrogen) atoms. The van der Waals surface area contributed by atoms with Crippen molar-refractivity contribution in [2.45, 2.75) is 25.8 Å². The van der Waals surface area contributed by atoms with Gasteiger partial charge in [-0.1, -0.05) is 0 Å². The van der Waals surface area contributed by atoms with Crippen LogP contribution in [0.2, 0.25) is 0 Å². The third-order valence-corrected chi connectivity index (χ3v) is 3.58. The van der Waals surface area contributed by atoms with Crippen molar-refractivity contribution in [2.24, 2.45) is 0 Å². The van der Waals surface area contributed by atoms with Gasteiger partial charge in [-0.15, -0.1) is 0 Å². The Bertz CT molecular complexity index is 447. The Kier molecular flexibility index (Phi) is 5.87. The van der Waals surface area contributed by atoms with Crippen LogP contribution >= 0.6 is 0 Å². The van der Waals surface area contributed by atoms with E-state index in [-0.39, 0.29) is 5.91 Å². The maximum absolute atomic E-state index is 12.1. The highest BCUT2D eigenvalue weighted by atomic mass is 16.5. The van der Waals surface area contributed by atoms with Gasteiger partial charge < -0.3 is 19.7 Å². The Morgan fingerprint density at radius 3 is 2.71 bits per heavy atom. The summed E-state index contributed by atoms with van der Waals surface area (Å²) in [6, 6.07) is 7.86. The molecule has 1 atom stereocenters. The zero-order valence-electron chi connectivity index (χ0n) is 12.8. The van der Waals surface area contributed by atoms with Crippen LogP contribution in [-0.2, 0) is 4.79 Å². The zero-order valence-corrected chi connectivity index (χ0v) is 12.8. The van der Waals surface area contributed by atoms with Crippen molar-refractivity contribution < 1.29 is 14.3 Å². The first-order chi connectivity index (χ1) is 10.2. The molecule has 116 valence electrons. The molecule has 1 unspecified atom stereocenters. The second-order valence-electron chi connectivity index (χ2n) is 5.32. The van der Waals surface area contributed by atoms with Crippen LogP contribution in [0.3, 0.4) is 0 Å². The van der Waals surface area contributed by atoms with Gasteiger partial charge in [-0.2, -0.15) is 0 Å². The van der Waals surface area contributed by atoms with Crippen molar-refractivity contribution >= 4 is 5.91 Å². The molecule has 0 aliphatic carbocycles. The lowest BCUT2D eigenvalue weighted by atomic mass is 10.2. The summed E-state index contributed by atoms with van der Waals surface area (Å²) in [7, 11) is 1.64. The molecule has 0 radical (unpaired) electrons. The van der Waals surface area contributed by atoms with Crippen LogP contribution < -0.4 is 14.8 Å². The number of ether oxygens (including phenoxy) is 2. The first kappa shape index (κ1) is 15.6. The Labute approximate surface area is 126 Å². The molecule has 1 fully saturated rings. The van der Waals surface area contributed by atoms with Gasteiger partial charge in [0.2, 0.25) is 5.91 Å². The Morgan fingerprint density at radius 1 is 1.33 bits per heavy atom. The molecular weight excluding hydrogens is 268 g/mol. The SMILES string of the molecule is COc1ccc(OCCCC(=O)N2CCNC(C)C2)cc1. The zero-order chi connectivity index (χ0) is 15.1. The number of amides is 1. The number of rotatable bonds is 6. The fourth-order valence-corrected chi connectivity index (χ4v) is 2.40. The van der Waals surface area contributed by atoms with E-state index < -0.39 is 0 Å². The van der Waals surface area contributed by atoms with Crippen LogP contribution in [0.25, 0.3) is 0 Å². The highest BCUT2D eigenvalue weighted by Gasteiger charge is 2.19. The lowest BCUT2D eigenvalue weighted by molar-refractivity contribution is -0.132. The fraction of sp³-hybridized carbons (Fsp3) is 0.562. The van der Waals surface area contributed by atoms with E-state index in [4.69, 9.17) is 9.47 Å². The van der Waals surface area contributed by atoms with E-state index in [1.807, 2.05) is 29.2 Å². The van der Waals surface area contributed by atoms with Crippen molar-refractivity contribution in [3.8, 4) is 11.5 Å². The van der Waals surface area contributed by atoms with Crippen LogP contribution in [0.15, 0.2) is 24.3 Å². The van der Waals surface area contributed by atoms with Crippen molar-refractivity contribution in [2.75, 3.05) is 33.4 Å². The topological polar surface area (TPSA) is 50.8 Å². The molecule has 1 aromatic rings. The number of carbonyl (C=O) groups is 1. The summed E-state index contributed by atoms with van der Waals surface area (Å²) < 4.78 is 10.7. The summed E-state index contributed by atoms with van der Waals surface area (Å²) in [5.41, 5.74) is 0. The smallest absolute Gasteiger partial charge is 0.222 e. The number of hydrogen-bond acceptors (Lipinski definition) is 4. The van der Waals surface area contributed by atoms with Crippen LogP contribution in [0.1, 0.15) is 19.8 Å². The molecule has 1 heterocycles. The van der Waals surface area contributed by atoms with Crippen LogP contribution in [0.5, 0.6) is 11.5 Å². The van der Waals surface area contributed by atoms with Crippen molar-refractivity contribution in [1.29, 1.82) is 0 Å². The summed E-state index contributed by atoms with van der Waals surface area (Å²) in [6.07, 6.45) is 1.28. The third kappa shape index (κ3) is 4.93. The van der Waals surface area contributed by atoms with E-state index in [1.165, 1.54) is 0 Å². The molecule has 1 amide bonds. The number of nitrogens with zero attached hydrogens (tertiary/aromatic N) is 1. The summed E-state index contributed by atoms with van der Waals surface area (Å²) >= 11 is 0. The highest BCUT2D eigenvalue weighted by Crippen LogP contribution is 2.17. The van der Waals surface area contributed by atoms with Gasteiger partial charge in [-0.3, -0.25) is 4.79 Å². The monoisotopic (exact) mass is 292 g/mol. The molecule has 1 aliphatic heterocycles. The van der Waals surface area contributed by atoms with E-state index in [9.17, 15) is 4.79 Å². The second kappa shape index (κ2) is 7.88. The number of carbonyl (C=O) groups excluding carboxylic acids is 1. The largest absolute Gasteiger partial charge is 0.497 e. The van der Waals surface area contributed by atoms with Gasteiger partial charge in [0.15, 0.2) is 0 Å². The standard InChI is InChI=1S/C16H24N2O3/c1-13-12-18(10-9-17-13)16(19)4-3-11-21-15-7-5-14(20-2)6-8-15/h5-8,13,17H,3-4,9-12H2,1-2H3. The predicted octanol–water partition coefficient (Wildman–Crippen LogP) is 1.67. The van der Waals surface area contributed by atoms with Gasteiger partial charge in [-0.05, 0) is 37.6 Å². The number of piperazine rings is 1. The molecule has 0 saturated carbocycles. The molecule has 1 saturated heterocycles. The van der Waals surface area contributed by atoms with Crippen molar-refractivity contribution in [3.05, 3.63) is 24.3 Å². The van der Waals surface area contributed by atoms with Crippen molar-refractivity contribution in [3.63, 3.8) is 0 Å². The quantitative estimate of drug-likeness (QED) is 0.811. The minimum absolute atomic E-state index is 0.224. The van der Waals surface area contributed by atoms with E-state index in [2.05, 4.69) is 12.2 Å². The van der Waals surface area contributed by atoms with Crippen LogP contribution in [-0.4, -0.2) is 50.2 Å². The van der Waals surface area contributed by atoms with Crippen molar-refractivity contribution in [1.82, 2.24) is 10.2 Å². The molecule has 1 N–H and O–H groups in total. The van der Waals surface area contributed by atoms with Gasteiger partial charge in [0.25, 0.3) is 0 Å². The molecule has 0 bridgehead atoms. The average Bonchev–Trinajstić information content (AvgIpc) is 2.52. The average molecular weight is 292 g/mol. The molecule has 0 aromatic heterocycles. The van der Waals surface area contributed by atoms with Crippen LogP contribution in [0.4, 0.5) is 0 Å². The molecule has 5 nitrogen and oxygen atoms in total. The Balaban J connectivity index is 1.65. The lowest BCUT2D eigenvalue weighted by Gasteiger charge is -2.32. The molecular formula is C16H24N2O3. The summed E-state index contributed by atoms with van der Waals surface area (Å²) in [5, 5.41) is 3.34. The van der Waals surface area contributed by atoms with Gasteiger partial charge in [0.05, 0.1) is 13.7 Å². The molecule has 1 aromatic carbocycles. The number of hydrogen-bond donors (Lipinski definition) is 1.